The molecule has 14 heavy (non-hydrogen) atoms. The topological polar surface area (TPSA) is 30.0 Å². The van der Waals surface area contributed by atoms with Crippen molar-refractivity contribution >= 4 is 40.0 Å². The summed E-state index contributed by atoms with van der Waals surface area (Å²) in [6.07, 6.45) is -1.99. The molecule has 0 aliphatic rings. The number of hydrogen-bond acceptors (Lipinski definition) is 2. The molecule has 1 rings (SSSR count). The van der Waals surface area contributed by atoms with Crippen molar-refractivity contribution in [1.82, 2.24) is 4.98 Å². The van der Waals surface area contributed by atoms with Gasteiger partial charge in [-0.2, -0.15) is 0 Å². The van der Waals surface area contributed by atoms with E-state index in [1.54, 1.807) is 0 Å². The van der Waals surface area contributed by atoms with Gasteiger partial charge in [0.1, 0.15) is 5.15 Å². The lowest BCUT2D eigenvalue weighted by atomic mass is 10.1. The molecule has 0 aliphatic carbocycles. The van der Waals surface area contributed by atoms with E-state index in [4.69, 9.17) is 34.8 Å². The lowest BCUT2D eigenvalue weighted by Gasteiger charge is -2.07. The molecule has 0 atom stereocenters. The summed E-state index contributed by atoms with van der Waals surface area (Å²) in [7, 11) is 0. The molecule has 1 heterocycles. The highest BCUT2D eigenvalue weighted by Gasteiger charge is 2.24. The molecule has 1 aromatic rings. The van der Waals surface area contributed by atoms with E-state index in [0.29, 0.717) is 0 Å². The Morgan fingerprint density at radius 3 is 2.36 bits per heavy atom. The fourth-order valence-electron chi connectivity index (χ4n) is 0.878. The first kappa shape index (κ1) is 11.6. The van der Waals surface area contributed by atoms with Crippen LogP contribution in [-0.4, -0.2) is 10.2 Å². The van der Waals surface area contributed by atoms with E-state index >= 15 is 0 Å². The molecule has 7 heteroatoms. The standard InChI is InChI=1S/C7H2Cl3F2NO/c8-2-1-13-5(9)4(6(10)14)3(2)7(11)12/h1,7H. The highest BCUT2D eigenvalue weighted by Crippen LogP contribution is 2.33. The van der Waals surface area contributed by atoms with Crippen LogP contribution in [0, 0.1) is 0 Å². The Balaban J connectivity index is 3.50. The van der Waals surface area contributed by atoms with Gasteiger partial charge < -0.3 is 0 Å². The van der Waals surface area contributed by atoms with E-state index in [9.17, 15) is 13.6 Å². The normalized spacial score (nSPS) is 10.7. The van der Waals surface area contributed by atoms with Gasteiger partial charge >= 0.3 is 0 Å². The Kier molecular flexibility index (Phi) is 3.64. The summed E-state index contributed by atoms with van der Waals surface area (Å²) in [6.45, 7) is 0. The average Bonchev–Trinajstić information content (AvgIpc) is 2.07. The Labute approximate surface area is 92.8 Å². The zero-order valence-electron chi connectivity index (χ0n) is 6.40. The van der Waals surface area contributed by atoms with Crippen LogP contribution in [0.5, 0.6) is 0 Å². The maximum absolute atomic E-state index is 12.4. The number of nitrogens with zero attached hydrogens (tertiary/aromatic N) is 1. The van der Waals surface area contributed by atoms with Crippen molar-refractivity contribution in [2.75, 3.05) is 0 Å². The van der Waals surface area contributed by atoms with Crippen molar-refractivity contribution in [3.05, 3.63) is 27.5 Å². The molecular formula is C7H2Cl3F2NO. The highest BCUT2D eigenvalue weighted by atomic mass is 35.5. The van der Waals surface area contributed by atoms with Gasteiger partial charge in [-0.3, -0.25) is 4.79 Å². The van der Waals surface area contributed by atoms with Crippen LogP contribution in [0.4, 0.5) is 8.78 Å². The first-order valence-corrected chi connectivity index (χ1v) is 4.40. The predicted octanol–water partition coefficient (Wildman–Crippen LogP) is 3.71. The van der Waals surface area contributed by atoms with Crippen LogP contribution in [0.3, 0.4) is 0 Å². The number of pyridine rings is 1. The summed E-state index contributed by atoms with van der Waals surface area (Å²) in [5.74, 6) is 0. The SMILES string of the molecule is O=C(Cl)c1c(Cl)ncc(Cl)c1C(F)F. The number of aromatic nitrogens is 1. The van der Waals surface area contributed by atoms with Gasteiger partial charge in [0.2, 0.25) is 0 Å². The van der Waals surface area contributed by atoms with Crippen molar-refractivity contribution in [1.29, 1.82) is 0 Å². The first-order chi connectivity index (χ1) is 6.45. The van der Waals surface area contributed by atoms with E-state index in [1.165, 1.54) is 0 Å². The maximum Gasteiger partial charge on any atom is 0.266 e. The van der Waals surface area contributed by atoms with E-state index in [1.807, 2.05) is 0 Å². The van der Waals surface area contributed by atoms with Gasteiger partial charge in [-0.1, -0.05) is 23.2 Å². The second-order valence-corrected chi connectivity index (χ2v) is 3.37. The number of alkyl halides is 2. The molecule has 0 spiro atoms. The fraction of sp³-hybridized carbons (Fsp3) is 0.143. The summed E-state index contributed by atoms with van der Waals surface area (Å²) in [6, 6.07) is 0. The van der Waals surface area contributed by atoms with Crippen molar-refractivity contribution in [2.45, 2.75) is 6.43 Å². The van der Waals surface area contributed by atoms with Crippen LogP contribution in [0.1, 0.15) is 22.3 Å². The second-order valence-electron chi connectivity index (χ2n) is 2.26. The third-order valence-electron chi connectivity index (χ3n) is 1.44. The summed E-state index contributed by atoms with van der Waals surface area (Å²) < 4.78 is 24.9. The Bertz CT molecular complexity index is 383. The van der Waals surface area contributed by atoms with Gasteiger partial charge in [-0.15, -0.1) is 0 Å². The van der Waals surface area contributed by atoms with Gasteiger partial charge in [0.15, 0.2) is 0 Å². The van der Waals surface area contributed by atoms with Gasteiger partial charge in [-0.05, 0) is 11.6 Å². The predicted molar refractivity (Wildman–Crippen MR) is 49.4 cm³/mol. The van der Waals surface area contributed by atoms with E-state index < -0.39 is 22.8 Å². The molecule has 0 amide bonds. The Hall–Kier alpha value is -0.450. The van der Waals surface area contributed by atoms with E-state index in [-0.39, 0.29) is 10.2 Å². The molecule has 0 aliphatic heterocycles. The molecule has 76 valence electrons. The summed E-state index contributed by atoms with van der Waals surface area (Å²) in [5.41, 5.74) is -1.23. The van der Waals surface area contributed by atoms with Gasteiger partial charge in [0.25, 0.3) is 11.7 Å². The first-order valence-electron chi connectivity index (χ1n) is 3.27. The third kappa shape index (κ3) is 2.13. The van der Waals surface area contributed by atoms with Crippen LogP contribution < -0.4 is 0 Å². The molecule has 0 saturated heterocycles. The summed E-state index contributed by atoms with van der Waals surface area (Å²) >= 11 is 15.9. The van der Waals surface area contributed by atoms with Crippen molar-refractivity contribution < 1.29 is 13.6 Å². The smallest absolute Gasteiger partial charge is 0.266 e. The number of rotatable bonds is 2. The van der Waals surface area contributed by atoms with Gasteiger partial charge in [0.05, 0.1) is 16.1 Å². The van der Waals surface area contributed by atoms with Crippen LogP contribution in [0.2, 0.25) is 10.2 Å². The van der Waals surface area contributed by atoms with Crippen LogP contribution in [-0.2, 0) is 0 Å². The van der Waals surface area contributed by atoms with Crippen molar-refractivity contribution in [2.24, 2.45) is 0 Å². The number of hydrogen-bond donors (Lipinski definition) is 0. The summed E-state index contributed by atoms with van der Waals surface area (Å²) in [5, 5.41) is -1.83. The molecule has 0 unspecified atom stereocenters. The molecule has 0 fully saturated rings. The summed E-state index contributed by atoms with van der Waals surface area (Å²) in [4.78, 5) is 14.2. The lowest BCUT2D eigenvalue weighted by molar-refractivity contribution is 0.106. The van der Waals surface area contributed by atoms with Crippen molar-refractivity contribution in [3.8, 4) is 0 Å². The van der Waals surface area contributed by atoms with Crippen molar-refractivity contribution in [3.63, 3.8) is 0 Å². The molecule has 0 N–H and O–H groups in total. The minimum Gasteiger partial charge on any atom is -0.275 e. The molecule has 2 nitrogen and oxygen atoms in total. The lowest BCUT2D eigenvalue weighted by Crippen LogP contribution is -2.02. The largest absolute Gasteiger partial charge is 0.275 e. The fourth-order valence-corrected chi connectivity index (χ4v) is 1.58. The number of halogens is 5. The maximum atomic E-state index is 12.4. The Morgan fingerprint density at radius 2 is 2.00 bits per heavy atom. The van der Waals surface area contributed by atoms with E-state index in [0.717, 1.165) is 6.20 Å². The molecule has 0 saturated carbocycles. The number of carbonyl (C=O) groups is 1. The molecular weight excluding hydrogens is 258 g/mol. The number of carbonyl (C=O) groups excluding carboxylic acids is 1. The Morgan fingerprint density at radius 1 is 1.43 bits per heavy atom. The second kappa shape index (κ2) is 4.38. The molecule has 0 radical (unpaired) electrons. The van der Waals surface area contributed by atoms with Gasteiger partial charge in [-0.25, -0.2) is 13.8 Å². The van der Waals surface area contributed by atoms with Crippen LogP contribution >= 0.6 is 34.8 Å². The third-order valence-corrected chi connectivity index (χ3v) is 2.22. The molecule has 1 aromatic heterocycles. The quantitative estimate of drug-likeness (QED) is 0.599. The van der Waals surface area contributed by atoms with Crippen LogP contribution in [0.15, 0.2) is 6.20 Å². The minimum absolute atomic E-state index is 0.339. The van der Waals surface area contributed by atoms with E-state index in [2.05, 4.69) is 4.98 Å². The average molecular weight is 260 g/mol. The zero-order chi connectivity index (χ0) is 10.9. The molecule has 0 aromatic carbocycles. The molecule has 0 bridgehead atoms. The monoisotopic (exact) mass is 259 g/mol. The van der Waals surface area contributed by atoms with Gasteiger partial charge in [0, 0.05) is 6.20 Å². The highest BCUT2D eigenvalue weighted by molar-refractivity contribution is 6.69. The van der Waals surface area contributed by atoms with Crippen LogP contribution in [0.25, 0.3) is 0 Å². The zero-order valence-corrected chi connectivity index (χ0v) is 8.67. The minimum atomic E-state index is -2.93.